The molecule has 6 nitrogen and oxygen atoms in total. The summed E-state index contributed by atoms with van der Waals surface area (Å²) in [6.07, 6.45) is 15.2. The molecular weight excluding hydrogens is 436 g/mol. The number of nitrogens with one attached hydrogen (secondary N) is 1. The Morgan fingerprint density at radius 2 is 1.74 bits per heavy atom. The summed E-state index contributed by atoms with van der Waals surface area (Å²) in [7, 11) is 1.90. The first kappa shape index (κ1) is 23.9. The van der Waals surface area contributed by atoms with Gasteiger partial charge in [0.1, 0.15) is 5.69 Å². The third-order valence-electron chi connectivity index (χ3n) is 8.06. The maximum absolute atomic E-state index is 13.5. The van der Waals surface area contributed by atoms with Crippen LogP contribution in [0.5, 0.6) is 0 Å². The lowest BCUT2D eigenvalue weighted by molar-refractivity contribution is 0.0688. The first-order valence-corrected chi connectivity index (χ1v) is 13.3. The van der Waals surface area contributed by atoms with E-state index in [1.54, 1.807) is 9.25 Å². The van der Waals surface area contributed by atoms with Gasteiger partial charge in [-0.2, -0.15) is 5.10 Å². The van der Waals surface area contributed by atoms with E-state index in [9.17, 15) is 9.90 Å². The lowest BCUT2D eigenvalue weighted by Gasteiger charge is -2.30. The number of anilines is 1. The van der Waals surface area contributed by atoms with Crippen LogP contribution in [-0.2, 0) is 13.6 Å². The quantitative estimate of drug-likeness (QED) is 0.486. The van der Waals surface area contributed by atoms with Crippen molar-refractivity contribution in [1.29, 1.82) is 0 Å². The third kappa shape index (κ3) is 5.69. The molecule has 2 fully saturated rings. The number of rotatable bonds is 7. The number of aryl methyl sites for hydroxylation is 1. The molecule has 2 aliphatic carbocycles. The predicted octanol–water partition coefficient (Wildman–Crippen LogP) is 5.33. The molecule has 1 atom stereocenters. The zero-order valence-electron chi connectivity index (χ0n) is 20.8. The predicted molar refractivity (Wildman–Crippen MR) is 141 cm³/mol. The number of aromatic nitrogens is 3. The van der Waals surface area contributed by atoms with Gasteiger partial charge < -0.3 is 15.0 Å². The lowest BCUT2D eigenvalue weighted by Crippen LogP contribution is -2.35. The smallest absolute Gasteiger partial charge is 0.274 e. The van der Waals surface area contributed by atoms with Crippen LogP contribution in [-0.4, -0.2) is 31.6 Å². The topological polar surface area (TPSA) is 72.1 Å². The highest BCUT2D eigenvalue weighted by atomic mass is 16.3. The molecule has 0 amide bonds. The van der Waals surface area contributed by atoms with E-state index in [0.717, 1.165) is 49.7 Å². The highest BCUT2D eigenvalue weighted by Gasteiger charge is 2.25. The van der Waals surface area contributed by atoms with Crippen LogP contribution in [0.3, 0.4) is 0 Å². The summed E-state index contributed by atoms with van der Waals surface area (Å²) in [6, 6.07) is 13.0. The summed E-state index contributed by atoms with van der Waals surface area (Å²) in [6.45, 7) is 0.340. The Morgan fingerprint density at radius 1 is 1.00 bits per heavy atom. The first-order chi connectivity index (χ1) is 17.1. The molecule has 186 valence electrons. The van der Waals surface area contributed by atoms with Gasteiger partial charge in [-0.05, 0) is 62.0 Å². The Labute approximate surface area is 208 Å². The standard InChI is InChI=1S/C29H38N4O2/c1-32-18-25(17-30-32)24-16-27(29(35)33(19-24)20-28(34)23-10-6-3-7-11-23)31-26-14-12-22(13-15-26)21-8-4-2-5-9-21/h2,4-5,8-9,16-19,22-23,26,28,31,34H,3,6-7,10-15,20H2,1H3/t22-,26+,28?. The van der Waals surface area contributed by atoms with Crippen molar-refractivity contribution in [2.75, 3.05) is 5.32 Å². The molecule has 2 aromatic heterocycles. The van der Waals surface area contributed by atoms with Crippen LogP contribution in [0.25, 0.3) is 11.1 Å². The van der Waals surface area contributed by atoms with Crippen LogP contribution >= 0.6 is 0 Å². The second-order valence-corrected chi connectivity index (χ2v) is 10.6. The van der Waals surface area contributed by atoms with Crippen LogP contribution in [0.1, 0.15) is 69.3 Å². The molecule has 5 rings (SSSR count). The molecule has 6 heteroatoms. The summed E-state index contributed by atoms with van der Waals surface area (Å²) >= 11 is 0. The second-order valence-electron chi connectivity index (χ2n) is 10.6. The number of hydrogen-bond acceptors (Lipinski definition) is 4. The minimum Gasteiger partial charge on any atom is -0.391 e. The van der Waals surface area contributed by atoms with Crippen LogP contribution in [0.2, 0.25) is 0 Å². The summed E-state index contributed by atoms with van der Waals surface area (Å²) in [4.78, 5) is 13.5. The van der Waals surface area contributed by atoms with Crippen LogP contribution < -0.4 is 10.9 Å². The highest BCUT2D eigenvalue weighted by Crippen LogP contribution is 2.34. The average Bonchev–Trinajstić information content (AvgIpc) is 3.34. The van der Waals surface area contributed by atoms with Gasteiger partial charge in [0.05, 0.1) is 18.8 Å². The van der Waals surface area contributed by atoms with E-state index in [4.69, 9.17) is 0 Å². The fourth-order valence-corrected chi connectivity index (χ4v) is 5.99. The van der Waals surface area contributed by atoms with Gasteiger partial charge in [-0.25, -0.2) is 0 Å². The maximum atomic E-state index is 13.5. The van der Waals surface area contributed by atoms with Crippen molar-refractivity contribution in [3.05, 3.63) is 70.9 Å². The fraction of sp³-hybridized carbons (Fsp3) is 0.517. The van der Waals surface area contributed by atoms with E-state index in [0.29, 0.717) is 18.2 Å². The number of nitrogens with zero attached hydrogens (tertiary/aromatic N) is 3. The molecule has 0 bridgehead atoms. The van der Waals surface area contributed by atoms with Gasteiger partial charge >= 0.3 is 0 Å². The summed E-state index contributed by atoms with van der Waals surface area (Å²) < 4.78 is 3.50. The van der Waals surface area contributed by atoms with Crippen molar-refractivity contribution < 1.29 is 5.11 Å². The molecule has 35 heavy (non-hydrogen) atoms. The average molecular weight is 475 g/mol. The minimum absolute atomic E-state index is 0.0438. The first-order valence-electron chi connectivity index (χ1n) is 13.3. The van der Waals surface area contributed by atoms with Gasteiger partial charge in [-0.3, -0.25) is 9.48 Å². The van der Waals surface area contributed by atoms with Gasteiger partial charge in [0, 0.05) is 36.6 Å². The van der Waals surface area contributed by atoms with Crippen molar-refractivity contribution in [2.24, 2.45) is 13.0 Å². The molecule has 1 unspecified atom stereocenters. The van der Waals surface area contributed by atoms with Gasteiger partial charge in [-0.1, -0.05) is 49.6 Å². The summed E-state index contributed by atoms with van der Waals surface area (Å²) in [5.41, 5.74) is 3.94. The molecule has 0 spiro atoms. The molecule has 3 aromatic rings. The molecule has 2 N–H and O–H groups in total. The van der Waals surface area contributed by atoms with Crippen molar-refractivity contribution in [3.63, 3.8) is 0 Å². The molecule has 0 saturated heterocycles. The number of hydrogen-bond donors (Lipinski definition) is 2. The van der Waals surface area contributed by atoms with Crippen LogP contribution in [0.15, 0.2) is 59.8 Å². The Bertz CT molecular complexity index is 1150. The molecule has 1 aromatic carbocycles. The third-order valence-corrected chi connectivity index (χ3v) is 8.06. The van der Waals surface area contributed by atoms with E-state index in [-0.39, 0.29) is 17.5 Å². The zero-order valence-corrected chi connectivity index (χ0v) is 20.8. The number of aliphatic hydroxyl groups excluding tert-OH is 1. The fourth-order valence-electron chi connectivity index (χ4n) is 5.99. The Hall–Kier alpha value is -2.86. The largest absolute Gasteiger partial charge is 0.391 e. The van der Waals surface area contributed by atoms with Gasteiger partial charge in [0.2, 0.25) is 0 Å². The SMILES string of the molecule is Cn1cc(-c2cc(N[C@H]3CC[C@@H](c4ccccc4)CC3)c(=O)n(CC(O)C3CCCCC3)c2)cn1. The van der Waals surface area contributed by atoms with Crippen molar-refractivity contribution in [2.45, 2.75) is 82.4 Å². The Kier molecular flexibility index (Phi) is 7.37. The van der Waals surface area contributed by atoms with Gasteiger partial charge in [0.15, 0.2) is 0 Å². The van der Waals surface area contributed by atoms with Crippen molar-refractivity contribution >= 4 is 5.69 Å². The molecule has 0 radical (unpaired) electrons. The maximum Gasteiger partial charge on any atom is 0.274 e. The van der Waals surface area contributed by atoms with Crippen molar-refractivity contribution in [1.82, 2.24) is 14.3 Å². The molecule has 2 saturated carbocycles. The van der Waals surface area contributed by atoms with E-state index >= 15 is 0 Å². The monoisotopic (exact) mass is 474 g/mol. The van der Waals surface area contributed by atoms with E-state index in [1.807, 2.05) is 31.7 Å². The van der Waals surface area contributed by atoms with Gasteiger partial charge in [0.25, 0.3) is 5.56 Å². The minimum atomic E-state index is -0.494. The van der Waals surface area contributed by atoms with E-state index < -0.39 is 6.10 Å². The number of pyridine rings is 1. The molecule has 2 aliphatic rings. The Morgan fingerprint density at radius 3 is 2.43 bits per heavy atom. The molecule has 0 aliphatic heterocycles. The van der Waals surface area contributed by atoms with E-state index in [1.165, 1.54) is 24.8 Å². The lowest BCUT2D eigenvalue weighted by atomic mass is 9.82. The molecular formula is C29H38N4O2. The normalized spacial score (nSPS) is 22.1. The van der Waals surface area contributed by atoms with Crippen LogP contribution in [0.4, 0.5) is 5.69 Å². The van der Waals surface area contributed by atoms with Crippen LogP contribution in [0, 0.1) is 5.92 Å². The number of benzene rings is 1. The van der Waals surface area contributed by atoms with Gasteiger partial charge in [-0.15, -0.1) is 0 Å². The summed E-state index contributed by atoms with van der Waals surface area (Å²) in [5, 5.41) is 18.9. The van der Waals surface area contributed by atoms with Crippen molar-refractivity contribution in [3.8, 4) is 11.1 Å². The Balaban J connectivity index is 1.35. The van der Waals surface area contributed by atoms with E-state index in [2.05, 4.69) is 40.7 Å². The number of aliphatic hydroxyl groups is 1. The molecule has 2 heterocycles. The second kappa shape index (κ2) is 10.8. The highest BCUT2D eigenvalue weighted by molar-refractivity contribution is 5.65. The summed E-state index contributed by atoms with van der Waals surface area (Å²) in [5.74, 6) is 0.876. The zero-order chi connectivity index (χ0) is 24.2.